The van der Waals surface area contributed by atoms with Gasteiger partial charge >= 0.3 is 0 Å². The van der Waals surface area contributed by atoms with Crippen LogP contribution < -0.4 is 15.4 Å². The number of thiazole rings is 1. The molecule has 0 aliphatic heterocycles. The van der Waals surface area contributed by atoms with Crippen LogP contribution in [0.3, 0.4) is 0 Å². The molecule has 7 heteroatoms. The van der Waals surface area contributed by atoms with Crippen molar-refractivity contribution in [1.29, 1.82) is 0 Å². The predicted octanol–water partition coefficient (Wildman–Crippen LogP) is 4.21. The summed E-state index contributed by atoms with van der Waals surface area (Å²) >= 11 is 1.34. The second kappa shape index (κ2) is 7.53. The third kappa shape index (κ3) is 3.83. The van der Waals surface area contributed by atoms with Gasteiger partial charge < -0.3 is 15.4 Å². The number of carbonyl (C=O) groups is 2. The van der Waals surface area contributed by atoms with Crippen LogP contribution in [0.5, 0.6) is 5.75 Å². The van der Waals surface area contributed by atoms with Crippen molar-refractivity contribution in [1.82, 2.24) is 4.98 Å². The van der Waals surface area contributed by atoms with Gasteiger partial charge in [0.15, 0.2) is 5.13 Å². The van der Waals surface area contributed by atoms with Gasteiger partial charge in [0.1, 0.15) is 11.3 Å². The van der Waals surface area contributed by atoms with Gasteiger partial charge in [-0.15, -0.1) is 0 Å². The molecule has 0 atom stereocenters. The average molecular weight is 369 g/mol. The molecule has 3 aromatic rings. The van der Waals surface area contributed by atoms with Crippen LogP contribution in [0.1, 0.15) is 29.3 Å². The van der Waals surface area contributed by atoms with Crippen LogP contribution in [0.15, 0.2) is 36.4 Å². The highest BCUT2D eigenvalue weighted by molar-refractivity contribution is 7.22. The highest BCUT2D eigenvalue weighted by Gasteiger charge is 2.14. The number of nitrogens with zero attached hydrogens (tertiary/aromatic N) is 1. The number of hydrogen-bond acceptors (Lipinski definition) is 5. The van der Waals surface area contributed by atoms with Gasteiger partial charge in [0.2, 0.25) is 5.91 Å². The summed E-state index contributed by atoms with van der Waals surface area (Å²) in [6, 6.07) is 10.9. The topological polar surface area (TPSA) is 80.3 Å². The fraction of sp³-hybridized carbons (Fsp3) is 0.211. The molecule has 134 valence electrons. The van der Waals surface area contributed by atoms with Gasteiger partial charge in [0.05, 0.1) is 11.8 Å². The highest BCUT2D eigenvalue weighted by Crippen LogP contribution is 2.35. The number of benzene rings is 2. The van der Waals surface area contributed by atoms with Crippen molar-refractivity contribution in [3.05, 3.63) is 47.5 Å². The first-order chi connectivity index (χ1) is 12.5. The van der Waals surface area contributed by atoms with E-state index in [1.807, 2.05) is 31.2 Å². The lowest BCUT2D eigenvalue weighted by Gasteiger charge is -2.08. The third-order valence-corrected chi connectivity index (χ3v) is 4.70. The minimum atomic E-state index is -0.195. The monoisotopic (exact) mass is 369 g/mol. The van der Waals surface area contributed by atoms with Crippen molar-refractivity contribution >= 4 is 44.2 Å². The van der Waals surface area contributed by atoms with Gasteiger partial charge in [-0.05, 0) is 25.1 Å². The first-order valence-electron chi connectivity index (χ1n) is 8.16. The number of aromatic nitrogens is 1. The Hall–Kier alpha value is -2.93. The van der Waals surface area contributed by atoms with Crippen LogP contribution in [-0.4, -0.2) is 23.9 Å². The van der Waals surface area contributed by atoms with E-state index in [0.717, 1.165) is 10.3 Å². The van der Waals surface area contributed by atoms with Gasteiger partial charge in [-0.25, -0.2) is 4.98 Å². The molecule has 3 rings (SSSR count). The second-order valence-electron chi connectivity index (χ2n) is 5.77. The molecule has 2 amide bonds. The minimum absolute atomic E-state index is 0.101. The zero-order valence-corrected chi connectivity index (χ0v) is 15.6. The molecule has 0 radical (unpaired) electrons. The number of aryl methyl sites for hydroxylation is 1. The lowest BCUT2D eigenvalue weighted by atomic mass is 10.1. The van der Waals surface area contributed by atoms with E-state index in [2.05, 4.69) is 15.6 Å². The van der Waals surface area contributed by atoms with E-state index in [0.29, 0.717) is 34.1 Å². The van der Waals surface area contributed by atoms with Crippen LogP contribution in [0.25, 0.3) is 10.2 Å². The molecule has 6 nitrogen and oxygen atoms in total. The molecule has 0 saturated carbocycles. The van der Waals surface area contributed by atoms with Crippen LogP contribution in [0.4, 0.5) is 10.8 Å². The van der Waals surface area contributed by atoms with Gasteiger partial charge in [-0.3, -0.25) is 9.59 Å². The first kappa shape index (κ1) is 17.9. The van der Waals surface area contributed by atoms with Crippen LogP contribution in [-0.2, 0) is 4.79 Å². The molecule has 26 heavy (non-hydrogen) atoms. The summed E-state index contributed by atoms with van der Waals surface area (Å²) in [6.07, 6.45) is 0.380. The van der Waals surface area contributed by atoms with Crippen LogP contribution >= 0.6 is 11.3 Å². The number of fused-ring (bicyclic) bond motifs is 1. The molecule has 0 aliphatic carbocycles. The van der Waals surface area contributed by atoms with E-state index in [4.69, 9.17) is 4.74 Å². The lowest BCUT2D eigenvalue weighted by molar-refractivity contribution is -0.115. The number of amides is 2. The van der Waals surface area contributed by atoms with Gasteiger partial charge in [0, 0.05) is 23.7 Å². The molecule has 0 unspecified atom stereocenters. The van der Waals surface area contributed by atoms with Crippen molar-refractivity contribution in [2.45, 2.75) is 20.3 Å². The molecular weight excluding hydrogens is 350 g/mol. The summed E-state index contributed by atoms with van der Waals surface area (Å²) in [4.78, 5) is 28.5. The van der Waals surface area contributed by atoms with Gasteiger partial charge in [0.25, 0.3) is 5.91 Å². The molecule has 1 aromatic heterocycles. The molecule has 1 heterocycles. The smallest absolute Gasteiger partial charge is 0.255 e. The summed E-state index contributed by atoms with van der Waals surface area (Å²) < 4.78 is 6.21. The molecule has 2 N–H and O–H groups in total. The maximum absolute atomic E-state index is 12.5. The largest absolute Gasteiger partial charge is 0.494 e. The van der Waals surface area contributed by atoms with E-state index < -0.39 is 0 Å². The fourth-order valence-corrected chi connectivity index (χ4v) is 3.42. The molecule has 0 aliphatic rings. The minimum Gasteiger partial charge on any atom is -0.494 e. The zero-order valence-electron chi connectivity index (χ0n) is 14.8. The van der Waals surface area contributed by atoms with Crippen molar-refractivity contribution in [3.8, 4) is 5.75 Å². The number of methoxy groups -OCH3 is 1. The second-order valence-corrected chi connectivity index (χ2v) is 6.80. The molecule has 0 bridgehead atoms. The Bertz CT molecular complexity index is 981. The highest BCUT2D eigenvalue weighted by atomic mass is 32.1. The Labute approximate surface area is 155 Å². The van der Waals surface area contributed by atoms with E-state index in [1.165, 1.54) is 11.3 Å². The van der Waals surface area contributed by atoms with Crippen molar-refractivity contribution in [2.75, 3.05) is 17.7 Å². The number of anilines is 2. The fourth-order valence-electron chi connectivity index (χ4n) is 2.48. The molecule has 0 fully saturated rings. The summed E-state index contributed by atoms with van der Waals surface area (Å²) in [6.45, 7) is 3.72. The lowest BCUT2D eigenvalue weighted by Crippen LogP contribution is -2.12. The van der Waals surface area contributed by atoms with E-state index in [9.17, 15) is 9.59 Å². The Kier molecular flexibility index (Phi) is 5.18. The van der Waals surface area contributed by atoms with Crippen molar-refractivity contribution < 1.29 is 14.3 Å². The Morgan fingerprint density at radius 3 is 2.69 bits per heavy atom. The first-order valence-corrected chi connectivity index (χ1v) is 8.98. The Morgan fingerprint density at radius 1 is 1.19 bits per heavy atom. The SMILES string of the molecule is CCC(=O)Nc1nc2c(OC)cc(NC(=O)c3cccc(C)c3)cc2s1. The normalized spacial score (nSPS) is 10.6. The molecule has 0 spiro atoms. The Balaban J connectivity index is 1.91. The van der Waals surface area contributed by atoms with E-state index in [-0.39, 0.29) is 11.8 Å². The van der Waals surface area contributed by atoms with Gasteiger partial charge in [-0.1, -0.05) is 36.0 Å². The Morgan fingerprint density at radius 2 is 2.00 bits per heavy atom. The summed E-state index contributed by atoms with van der Waals surface area (Å²) in [5, 5.41) is 6.14. The number of carbonyl (C=O) groups excluding carboxylic acids is 2. The van der Waals surface area contributed by atoms with E-state index in [1.54, 1.807) is 26.2 Å². The quantitative estimate of drug-likeness (QED) is 0.706. The molecule has 2 aromatic carbocycles. The summed E-state index contributed by atoms with van der Waals surface area (Å²) in [5.41, 5.74) is 2.86. The predicted molar refractivity (Wildman–Crippen MR) is 104 cm³/mol. The third-order valence-electron chi connectivity index (χ3n) is 3.79. The average Bonchev–Trinajstić information content (AvgIpc) is 3.03. The zero-order chi connectivity index (χ0) is 18.7. The molecular formula is C19H19N3O3S. The van der Waals surface area contributed by atoms with Gasteiger partial charge in [-0.2, -0.15) is 0 Å². The van der Waals surface area contributed by atoms with Crippen LogP contribution in [0.2, 0.25) is 0 Å². The standard InChI is InChI=1S/C19H19N3O3S/c1-4-16(23)21-19-22-17-14(25-3)9-13(10-15(17)26-19)20-18(24)12-7-5-6-11(2)8-12/h5-10H,4H2,1-3H3,(H,20,24)(H,21,22,23). The van der Waals surface area contributed by atoms with Crippen molar-refractivity contribution in [3.63, 3.8) is 0 Å². The summed E-state index contributed by atoms with van der Waals surface area (Å²) in [5.74, 6) is 0.241. The number of ether oxygens (including phenoxy) is 1. The maximum atomic E-state index is 12.5. The summed E-state index contributed by atoms with van der Waals surface area (Å²) in [7, 11) is 1.55. The van der Waals surface area contributed by atoms with Crippen LogP contribution in [0, 0.1) is 6.92 Å². The van der Waals surface area contributed by atoms with Crippen molar-refractivity contribution in [2.24, 2.45) is 0 Å². The number of rotatable bonds is 5. The van der Waals surface area contributed by atoms with E-state index >= 15 is 0 Å². The molecule has 0 saturated heterocycles. The number of nitrogens with one attached hydrogen (secondary N) is 2. The maximum Gasteiger partial charge on any atom is 0.255 e. The number of hydrogen-bond donors (Lipinski definition) is 2.